The van der Waals surface area contributed by atoms with Crippen LogP contribution in [0, 0.1) is 11.3 Å². The number of aromatic nitrogens is 1. The fourth-order valence-electron chi connectivity index (χ4n) is 4.66. The minimum absolute atomic E-state index is 0.0762. The third-order valence-corrected chi connectivity index (χ3v) is 9.11. The number of para-hydroxylation sites is 1. The van der Waals surface area contributed by atoms with Gasteiger partial charge in [-0.05, 0) is 55.7 Å². The number of aldehydes is 1. The van der Waals surface area contributed by atoms with E-state index in [-0.39, 0.29) is 23.6 Å². The van der Waals surface area contributed by atoms with Gasteiger partial charge < -0.3 is 9.69 Å². The van der Waals surface area contributed by atoms with Gasteiger partial charge in [-0.25, -0.2) is 22.2 Å². The number of piperidine rings is 1. The number of nitrogens with zero attached hydrogens (tertiary/aromatic N) is 2. The number of halogens is 2. The van der Waals surface area contributed by atoms with Gasteiger partial charge >= 0.3 is 0 Å². The molecule has 1 saturated carbocycles. The molecule has 2 heterocycles. The highest BCUT2D eigenvalue weighted by molar-refractivity contribution is 7.93. The molecule has 1 saturated heterocycles. The van der Waals surface area contributed by atoms with Crippen LogP contribution in [0.5, 0.6) is 0 Å². The molecule has 2 aliphatic rings. The monoisotopic (exact) mass is 519 g/mol. The smallest absolute Gasteiger partial charge is 0.264 e. The van der Waals surface area contributed by atoms with Crippen LogP contribution in [0.15, 0.2) is 52.9 Å². The van der Waals surface area contributed by atoms with E-state index in [2.05, 4.69) is 9.71 Å². The van der Waals surface area contributed by atoms with Crippen LogP contribution >= 0.6 is 11.3 Å². The second kappa shape index (κ2) is 8.63. The second-order valence-electron chi connectivity index (χ2n) is 9.28. The Morgan fingerprint density at radius 3 is 2.49 bits per heavy atom. The van der Waals surface area contributed by atoms with Crippen molar-refractivity contribution in [2.75, 3.05) is 17.8 Å². The van der Waals surface area contributed by atoms with Gasteiger partial charge in [0.25, 0.3) is 21.9 Å². The summed E-state index contributed by atoms with van der Waals surface area (Å²) < 4.78 is 55.8. The Bertz CT molecular complexity index is 1380. The summed E-state index contributed by atoms with van der Waals surface area (Å²) >= 11 is 1.35. The van der Waals surface area contributed by atoms with Gasteiger partial charge in [0, 0.05) is 42.1 Å². The van der Waals surface area contributed by atoms with Crippen LogP contribution in [0.4, 0.5) is 14.5 Å². The molecule has 35 heavy (non-hydrogen) atoms. The lowest BCUT2D eigenvalue weighted by Gasteiger charge is -2.38. The molecule has 1 N–H and O–H groups in total. The van der Waals surface area contributed by atoms with Crippen LogP contribution in [-0.4, -0.2) is 49.5 Å². The first-order chi connectivity index (χ1) is 16.6. The van der Waals surface area contributed by atoms with Crippen LogP contribution in [-0.2, 0) is 14.8 Å². The molecular formula is C24H23F2N3O4S2. The largest absolute Gasteiger partial charge is 0.339 e. The van der Waals surface area contributed by atoms with E-state index < -0.39 is 27.3 Å². The Labute approximate surface area is 205 Å². The van der Waals surface area contributed by atoms with Gasteiger partial charge in [0.1, 0.15) is 16.7 Å². The summed E-state index contributed by atoms with van der Waals surface area (Å²) in [4.78, 5) is 30.5. The van der Waals surface area contributed by atoms with E-state index >= 15 is 0 Å². The van der Waals surface area contributed by atoms with Gasteiger partial charge in [-0.1, -0.05) is 6.07 Å². The summed E-state index contributed by atoms with van der Waals surface area (Å²) in [7, 11) is -3.88. The van der Waals surface area contributed by atoms with E-state index in [1.807, 2.05) is 0 Å². The molecule has 11 heteroatoms. The van der Waals surface area contributed by atoms with Crippen LogP contribution in [0.2, 0.25) is 0 Å². The van der Waals surface area contributed by atoms with Crippen molar-refractivity contribution in [3.05, 3.63) is 53.5 Å². The number of anilines is 1. The summed E-state index contributed by atoms with van der Waals surface area (Å²) in [5.41, 5.74) is 1.87. The minimum atomic E-state index is -3.88. The predicted octanol–water partition coefficient (Wildman–Crippen LogP) is 4.56. The normalized spacial score (nSPS) is 21.0. The Kier molecular flexibility index (Phi) is 5.87. The third-order valence-electron chi connectivity index (χ3n) is 6.90. The standard InChI is InChI=1S/C24H23F2N3O4S2/c25-24(26)13-17(24)12-23(14-30)8-10-29(11-9-23)22(31)16-4-6-18(7-5-16)28-35(32,33)20-3-1-2-19-21(20)27-15-34-19/h1-7,14-15,17,28H,8-13H2. The predicted molar refractivity (Wildman–Crippen MR) is 128 cm³/mol. The van der Waals surface area contributed by atoms with Crippen molar-refractivity contribution >= 4 is 49.5 Å². The summed E-state index contributed by atoms with van der Waals surface area (Å²) in [6.45, 7) is 0.615. The fourth-order valence-corrected chi connectivity index (χ4v) is 6.66. The number of likely N-dealkylation sites (tertiary alicyclic amines) is 1. The molecule has 0 bridgehead atoms. The molecule has 1 aromatic heterocycles. The van der Waals surface area contributed by atoms with Crippen molar-refractivity contribution in [3.63, 3.8) is 0 Å². The van der Waals surface area contributed by atoms with Gasteiger partial charge in [0.05, 0.1) is 10.2 Å². The number of amides is 1. The van der Waals surface area contributed by atoms with Crippen molar-refractivity contribution in [1.82, 2.24) is 9.88 Å². The fraction of sp³-hybridized carbons (Fsp3) is 0.375. The van der Waals surface area contributed by atoms with Crippen LogP contribution in [0.3, 0.4) is 0 Å². The number of carbonyl (C=O) groups is 2. The number of hydrogen-bond acceptors (Lipinski definition) is 6. The number of fused-ring (bicyclic) bond motifs is 1. The number of sulfonamides is 1. The summed E-state index contributed by atoms with van der Waals surface area (Å²) in [5.74, 6) is -3.66. The van der Waals surface area contributed by atoms with E-state index in [1.165, 1.54) is 41.7 Å². The van der Waals surface area contributed by atoms with Gasteiger partial charge in [0.2, 0.25) is 0 Å². The number of hydrogen-bond donors (Lipinski definition) is 1. The van der Waals surface area contributed by atoms with Gasteiger partial charge in [-0.3, -0.25) is 9.52 Å². The maximum absolute atomic E-state index is 13.3. The second-order valence-corrected chi connectivity index (χ2v) is 11.8. The summed E-state index contributed by atoms with van der Waals surface area (Å²) in [5, 5.41) is 0. The number of alkyl halides is 2. The number of thiazole rings is 1. The molecule has 3 aromatic rings. The molecule has 1 unspecified atom stereocenters. The quantitative estimate of drug-likeness (QED) is 0.462. The lowest BCUT2D eigenvalue weighted by atomic mass is 9.75. The lowest BCUT2D eigenvalue weighted by Crippen LogP contribution is -2.44. The number of rotatable bonds is 7. The maximum Gasteiger partial charge on any atom is 0.264 e. The topological polar surface area (TPSA) is 96.4 Å². The van der Waals surface area contributed by atoms with Crippen LogP contribution in [0.25, 0.3) is 10.2 Å². The van der Waals surface area contributed by atoms with Gasteiger partial charge in [-0.15, -0.1) is 11.3 Å². The molecule has 184 valence electrons. The molecule has 2 aromatic carbocycles. The Hall–Kier alpha value is -2.92. The van der Waals surface area contributed by atoms with Crippen LogP contribution < -0.4 is 4.72 Å². The zero-order valence-electron chi connectivity index (χ0n) is 18.6. The number of carbonyl (C=O) groups excluding carboxylic acids is 2. The van der Waals surface area contributed by atoms with Crippen molar-refractivity contribution in [2.45, 2.75) is 36.5 Å². The highest BCUT2D eigenvalue weighted by atomic mass is 32.2. The highest BCUT2D eigenvalue weighted by Gasteiger charge is 2.59. The SMILES string of the molecule is O=CC1(CC2CC2(F)F)CCN(C(=O)c2ccc(NS(=O)(=O)c3cccc4scnc34)cc2)CC1. The van der Waals surface area contributed by atoms with Gasteiger partial charge in [-0.2, -0.15) is 0 Å². The summed E-state index contributed by atoms with van der Waals surface area (Å²) in [6.07, 6.45) is 1.50. The van der Waals surface area contributed by atoms with Gasteiger partial charge in [0.15, 0.2) is 0 Å². The molecule has 7 nitrogen and oxygen atoms in total. The molecule has 1 aliphatic heterocycles. The minimum Gasteiger partial charge on any atom is -0.339 e. The molecule has 2 fully saturated rings. The molecule has 1 atom stereocenters. The summed E-state index contributed by atoms with van der Waals surface area (Å²) in [6, 6.07) is 11.0. The van der Waals surface area contributed by atoms with E-state index in [1.54, 1.807) is 22.5 Å². The number of benzene rings is 2. The first kappa shape index (κ1) is 23.8. The Morgan fingerprint density at radius 1 is 1.17 bits per heavy atom. The van der Waals surface area contributed by atoms with Crippen molar-refractivity contribution in [3.8, 4) is 0 Å². The van der Waals surface area contributed by atoms with Crippen molar-refractivity contribution in [2.24, 2.45) is 11.3 Å². The molecule has 1 aliphatic carbocycles. The first-order valence-electron chi connectivity index (χ1n) is 11.2. The van der Waals surface area contributed by atoms with Crippen molar-refractivity contribution < 1.29 is 26.8 Å². The first-order valence-corrected chi connectivity index (χ1v) is 13.6. The zero-order valence-corrected chi connectivity index (χ0v) is 20.2. The molecule has 0 radical (unpaired) electrons. The number of nitrogens with one attached hydrogen (secondary N) is 1. The molecule has 5 rings (SSSR count). The van der Waals surface area contributed by atoms with Crippen molar-refractivity contribution in [1.29, 1.82) is 0 Å². The zero-order chi connectivity index (χ0) is 24.8. The molecule has 1 amide bonds. The van der Waals surface area contributed by atoms with E-state index in [4.69, 9.17) is 0 Å². The maximum atomic E-state index is 13.3. The third kappa shape index (κ3) is 4.66. The Balaban J connectivity index is 1.23. The Morgan fingerprint density at radius 2 is 1.86 bits per heavy atom. The average Bonchev–Trinajstić information content (AvgIpc) is 3.20. The molecule has 0 spiro atoms. The van der Waals surface area contributed by atoms with E-state index in [0.717, 1.165) is 11.0 Å². The molecular weight excluding hydrogens is 496 g/mol. The highest BCUT2D eigenvalue weighted by Crippen LogP contribution is 2.55. The van der Waals surface area contributed by atoms with E-state index in [9.17, 15) is 26.8 Å². The van der Waals surface area contributed by atoms with E-state index in [0.29, 0.717) is 42.7 Å². The lowest BCUT2D eigenvalue weighted by molar-refractivity contribution is -0.119. The average molecular weight is 520 g/mol. The van der Waals surface area contributed by atoms with Crippen LogP contribution in [0.1, 0.15) is 36.0 Å².